The highest BCUT2D eigenvalue weighted by molar-refractivity contribution is 4.72. The molecule has 0 aromatic heterocycles. The lowest BCUT2D eigenvalue weighted by Gasteiger charge is -2.36. The van der Waals surface area contributed by atoms with Crippen LogP contribution in [-0.4, -0.2) is 53.2 Å². The summed E-state index contributed by atoms with van der Waals surface area (Å²) >= 11 is 0. The molecule has 5 heteroatoms. The minimum atomic E-state index is -0.924. The number of unbranched alkanes of at least 4 members (excludes halogenated alkanes) is 6. The fourth-order valence-electron chi connectivity index (χ4n) is 3.39. The van der Waals surface area contributed by atoms with Crippen molar-refractivity contribution in [3.05, 3.63) is 0 Å². The van der Waals surface area contributed by atoms with Crippen molar-refractivity contribution in [3.63, 3.8) is 0 Å². The predicted molar refractivity (Wildman–Crippen MR) is 99.7 cm³/mol. The van der Waals surface area contributed by atoms with Crippen molar-refractivity contribution in [2.75, 3.05) is 41.2 Å². The lowest BCUT2D eigenvalue weighted by atomic mass is 9.92. The van der Waals surface area contributed by atoms with Crippen LogP contribution in [0.5, 0.6) is 0 Å². The van der Waals surface area contributed by atoms with E-state index in [1.165, 1.54) is 38.5 Å². The lowest BCUT2D eigenvalue weighted by molar-refractivity contribution is -0.380. The average Bonchev–Trinajstić information content (AvgIpc) is 3.46. The van der Waals surface area contributed by atoms with Crippen LogP contribution < -0.4 is 0 Å². The Labute approximate surface area is 154 Å². The van der Waals surface area contributed by atoms with E-state index in [2.05, 4.69) is 6.92 Å². The van der Waals surface area contributed by atoms with Gasteiger partial charge in [-0.05, 0) is 19.3 Å². The van der Waals surface area contributed by atoms with Crippen molar-refractivity contribution in [1.82, 2.24) is 0 Å². The zero-order valence-corrected chi connectivity index (χ0v) is 16.9. The molecule has 2 unspecified atom stereocenters. The van der Waals surface area contributed by atoms with E-state index in [1.807, 2.05) is 0 Å². The first kappa shape index (κ1) is 22.8. The third kappa shape index (κ3) is 9.34. The molecule has 25 heavy (non-hydrogen) atoms. The van der Waals surface area contributed by atoms with Gasteiger partial charge in [0.2, 0.25) is 0 Å². The predicted octanol–water partition coefficient (Wildman–Crippen LogP) is 4.53. The lowest BCUT2D eigenvalue weighted by Crippen LogP contribution is -2.44. The van der Waals surface area contributed by atoms with Gasteiger partial charge >= 0.3 is 0 Å². The van der Waals surface area contributed by atoms with Gasteiger partial charge in [-0.3, -0.25) is 0 Å². The van der Waals surface area contributed by atoms with Gasteiger partial charge in [0.1, 0.15) is 6.10 Å². The summed E-state index contributed by atoms with van der Waals surface area (Å²) in [5.41, 5.74) is 0. The summed E-state index contributed by atoms with van der Waals surface area (Å²) in [5.74, 6) is -0.683. The Kier molecular flexibility index (Phi) is 12.7. The van der Waals surface area contributed by atoms with Crippen LogP contribution in [0.15, 0.2) is 0 Å². The smallest absolute Gasteiger partial charge is 0.285 e. The maximum Gasteiger partial charge on any atom is 0.285 e. The van der Waals surface area contributed by atoms with E-state index in [4.69, 9.17) is 23.7 Å². The minimum absolute atomic E-state index is 0.241. The van der Waals surface area contributed by atoms with E-state index in [-0.39, 0.29) is 5.92 Å². The first-order valence-electron chi connectivity index (χ1n) is 10.1. The van der Waals surface area contributed by atoms with Gasteiger partial charge in [-0.15, -0.1) is 0 Å². The van der Waals surface area contributed by atoms with Crippen LogP contribution in [0.3, 0.4) is 0 Å². The van der Waals surface area contributed by atoms with Gasteiger partial charge in [0.05, 0.1) is 13.2 Å². The van der Waals surface area contributed by atoms with Crippen molar-refractivity contribution in [1.29, 1.82) is 0 Å². The molecule has 0 spiro atoms. The van der Waals surface area contributed by atoms with Crippen LogP contribution in [0.4, 0.5) is 0 Å². The number of hydrogen-bond donors (Lipinski definition) is 0. The summed E-state index contributed by atoms with van der Waals surface area (Å²) in [4.78, 5) is 0. The number of hydrogen-bond acceptors (Lipinski definition) is 5. The highest BCUT2D eigenvalue weighted by Gasteiger charge is 2.39. The Morgan fingerprint density at radius 1 is 0.880 bits per heavy atom. The minimum Gasteiger partial charge on any atom is -0.379 e. The van der Waals surface area contributed by atoms with Gasteiger partial charge in [0, 0.05) is 33.9 Å². The molecule has 0 saturated carbocycles. The molecular formula is C20H40O5. The van der Waals surface area contributed by atoms with Gasteiger partial charge in [-0.25, -0.2) is 0 Å². The number of ether oxygens (including phenoxy) is 5. The van der Waals surface area contributed by atoms with E-state index < -0.39 is 5.97 Å². The molecule has 150 valence electrons. The van der Waals surface area contributed by atoms with Crippen molar-refractivity contribution in [2.24, 2.45) is 5.92 Å². The molecule has 1 saturated heterocycles. The Bertz CT molecular complexity index is 294. The first-order chi connectivity index (χ1) is 12.2. The van der Waals surface area contributed by atoms with Crippen LogP contribution in [-0.2, 0) is 23.7 Å². The Morgan fingerprint density at radius 2 is 1.44 bits per heavy atom. The highest BCUT2D eigenvalue weighted by Crippen LogP contribution is 2.32. The number of epoxide rings is 1. The van der Waals surface area contributed by atoms with E-state index in [9.17, 15) is 0 Å². The molecule has 0 N–H and O–H groups in total. The molecule has 1 aliphatic heterocycles. The first-order valence-corrected chi connectivity index (χ1v) is 10.1. The standard InChI is InChI=1S/C20H40O5/c1-5-6-7-8-9-10-13-18(20(21-2,22-3)23-4)14-11-12-15-24-16-19-17-25-19/h18-19H,5-17H2,1-4H3. The summed E-state index contributed by atoms with van der Waals surface area (Å²) in [6.45, 7) is 4.64. The van der Waals surface area contributed by atoms with Gasteiger partial charge < -0.3 is 23.7 Å². The average molecular weight is 361 g/mol. The van der Waals surface area contributed by atoms with Crippen molar-refractivity contribution < 1.29 is 23.7 Å². The summed E-state index contributed by atoms with van der Waals surface area (Å²) in [6, 6.07) is 0. The molecule has 1 fully saturated rings. The third-order valence-corrected chi connectivity index (χ3v) is 5.06. The Balaban J connectivity index is 2.29. The molecule has 2 atom stereocenters. The molecule has 0 aromatic carbocycles. The molecule has 1 heterocycles. The van der Waals surface area contributed by atoms with Crippen LogP contribution in [0.2, 0.25) is 0 Å². The van der Waals surface area contributed by atoms with Crippen molar-refractivity contribution in [2.45, 2.75) is 83.2 Å². The molecule has 0 radical (unpaired) electrons. The van der Waals surface area contributed by atoms with E-state index >= 15 is 0 Å². The quantitative estimate of drug-likeness (QED) is 0.204. The molecule has 0 bridgehead atoms. The molecule has 5 nitrogen and oxygen atoms in total. The van der Waals surface area contributed by atoms with Gasteiger partial charge in [0.15, 0.2) is 0 Å². The fourth-order valence-corrected chi connectivity index (χ4v) is 3.39. The second kappa shape index (κ2) is 13.9. The normalized spacial score (nSPS) is 18.5. The topological polar surface area (TPSA) is 49.5 Å². The van der Waals surface area contributed by atoms with E-state index in [1.54, 1.807) is 21.3 Å². The summed E-state index contributed by atoms with van der Waals surface area (Å²) in [6.07, 6.45) is 12.3. The summed E-state index contributed by atoms with van der Waals surface area (Å²) in [7, 11) is 5.00. The fraction of sp³-hybridized carbons (Fsp3) is 1.00. The number of rotatable bonds is 18. The molecule has 1 rings (SSSR count). The SMILES string of the molecule is CCCCCCCCC(CCCCOCC1CO1)C(OC)(OC)OC. The van der Waals surface area contributed by atoms with E-state index in [0.29, 0.717) is 6.10 Å². The van der Waals surface area contributed by atoms with Crippen molar-refractivity contribution in [3.8, 4) is 0 Å². The van der Waals surface area contributed by atoms with Crippen LogP contribution in [0, 0.1) is 5.92 Å². The largest absolute Gasteiger partial charge is 0.379 e. The second-order valence-corrected chi connectivity index (χ2v) is 7.00. The zero-order chi connectivity index (χ0) is 18.4. The zero-order valence-electron chi connectivity index (χ0n) is 16.9. The highest BCUT2D eigenvalue weighted by atomic mass is 16.9. The Hall–Kier alpha value is -0.200. The van der Waals surface area contributed by atoms with Gasteiger partial charge in [0.25, 0.3) is 5.97 Å². The van der Waals surface area contributed by atoms with Gasteiger partial charge in [-0.1, -0.05) is 51.9 Å². The van der Waals surface area contributed by atoms with Gasteiger partial charge in [-0.2, -0.15) is 0 Å². The van der Waals surface area contributed by atoms with Crippen LogP contribution in [0.1, 0.15) is 71.1 Å². The maximum absolute atomic E-state index is 5.62. The molecule has 0 aliphatic carbocycles. The summed E-state index contributed by atoms with van der Waals surface area (Å²) < 4.78 is 27.6. The van der Waals surface area contributed by atoms with Crippen LogP contribution >= 0.6 is 0 Å². The maximum atomic E-state index is 5.62. The van der Waals surface area contributed by atoms with Crippen molar-refractivity contribution >= 4 is 0 Å². The molecule has 0 aromatic rings. The molecule has 1 aliphatic rings. The molecular weight excluding hydrogens is 320 g/mol. The van der Waals surface area contributed by atoms with E-state index in [0.717, 1.165) is 45.5 Å². The Morgan fingerprint density at radius 3 is 2.00 bits per heavy atom. The van der Waals surface area contributed by atoms with Crippen LogP contribution in [0.25, 0.3) is 0 Å². The second-order valence-electron chi connectivity index (χ2n) is 7.00. The third-order valence-electron chi connectivity index (χ3n) is 5.06. The summed E-state index contributed by atoms with van der Waals surface area (Å²) in [5, 5.41) is 0. The monoisotopic (exact) mass is 360 g/mol. The molecule has 0 amide bonds. The number of methoxy groups -OCH3 is 3.